The second-order valence-electron chi connectivity index (χ2n) is 5.60. The Morgan fingerprint density at radius 2 is 1.73 bits per heavy atom. The van der Waals surface area contributed by atoms with E-state index < -0.39 is 5.97 Å². The Hall–Kier alpha value is -1.07. The van der Waals surface area contributed by atoms with Gasteiger partial charge in [-0.1, -0.05) is 30.2 Å². The first-order valence-corrected chi connectivity index (χ1v) is 8.76. The fraction of sp³-hybridized carbons (Fsp3) is 0.647. The van der Waals surface area contributed by atoms with Gasteiger partial charge < -0.3 is 10.2 Å². The van der Waals surface area contributed by atoms with Gasteiger partial charge in [0.05, 0.1) is 12.4 Å². The molecule has 0 spiro atoms. The van der Waals surface area contributed by atoms with Crippen LogP contribution in [0.1, 0.15) is 46.5 Å². The lowest BCUT2D eigenvalue weighted by atomic mass is 10.0. The summed E-state index contributed by atoms with van der Waals surface area (Å²) in [5.74, 6) is -0.112. The van der Waals surface area contributed by atoms with Crippen molar-refractivity contribution in [2.24, 2.45) is 5.92 Å². The highest BCUT2D eigenvalue weighted by molar-refractivity contribution is 7.99. The summed E-state index contributed by atoms with van der Waals surface area (Å²) in [4.78, 5) is 22.4. The van der Waals surface area contributed by atoms with Gasteiger partial charge in [0.15, 0.2) is 0 Å². The van der Waals surface area contributed by atoms with Crippen molar-refractivity contribution in [2.75, 3.05) is 18.1 Å². The van der Waals surface area contributed by atoms with E-state index in [1.165, 1.54) is 22.9 Å². The molecule has 0 aliphatic carbocycles. The minimum atomic E-state index is -0.839. The van der Waals surface area contributed by atoms with E-state index in [1.807, 2.05) is 26.8 Å². The Morgan fingerprint density at radius 3 is 2.32 bits per heavy atom. The van der Waals surface area contributed by atoms with Crippen molar-refractivity contribution in [2.45, 2.75) is 46.5 Å². The van der Waals surface area contributed by atoms with Crippen LogP contribution in [0, 0.1) is 5.92 Å². The third kappa shape index (κ3) is 11.6. The number of carbonyl (C=O) groups is 2. The van der Waals surface area contributed by atoms with Crippen LogP contribution in [-0.4, -0.2) is 40.1 Å². The molecule has 2 N–H and O–H groups in total. The number of allylic oxidation sites excluding steroid dienone is 3. The van der Waals surface area contributed by atoms with E-state index in [2.05, 4.69) is 6.08 Å². The largest absolute Gasteiger partial charge is 0.481 e. The Labute approximate surface area is 137 Å². The highest BCUT2D eigenvalue weighted by Gasteiger charge is 2.13. The predicted molar refractivity (Wildman–Crippen MR) is 92.2 cm³/mol. The summed E-state index contributed by atoms with van der Waals surface area (Å²) in [5, 5.41) is 17.3. The van der Waals surface area contributed by atoms with Crippen LogP contribution in [0.3, 0.4) is 0 Å². The van der Waals surface area contributed by atoms with Crippen molar-refractivity contribution >= 4 is 23.5 Å². The molecule has 4 nitrogen and oxygen atoms in total. The average molecular weight is 328 g/mol. The molecule has 0 saturated carbocycles. The predicted octanol–water partition coefficient (Wildman–Crippen LogP) is 3.45. The van der Waals surface area contributed by atoms with Crippen molar-refractivity contribution in [3.05, 3.63) is 23.3 Å². The lowest BCUT2D eigenvalue weighted by molar-refractivity contribution is -0.134. The van der Waals surface area contributed by atoms with E-state index in [-0.39, 0.29) is 24.1 Å². The number of Topliss-reactive ketones (excluding diaryl/α,β-unsaturated/α-hetero) is 1. The zero-order chi connectivity index (χ0) is 17.0. The molecular formula is C17H28O4S. The van der Waals surface area contributed by atoms with Crippen molar-refractivity contribution in [3.63, 3.8) is 0 Å². The number of aliphatic hydroxyl groups is 1. The number of aliphatic carboxylic acids is 1. The van der Waals surface area contributed by atoms with Gasteiger partial charge in [-0.3, -0.25) is 9.59 Å². The van der Waals surface area contributed by atoms with E-state index in [1.54, 1.807) is 0 Å². The number of hydrogen-bond donors (Lipinski definition) is 2. The number of thioether (sulfide) groups is 1. The van der Waals surface area contributed by atoms with Crippen LogP contribution < -0.4 is 0 Å². The maximum atomic E-state index is 12.0. The van der Waals surface area contributed by atoms with Crippen LogP contribution >= 0.6 is 11.8 Å². The molecular weight excluding hydrogens is 300 g/mol. The maximum absolute atomic E-state index is 12.0. The summed E-state index contributed by atoms with van der Waals surface area (Å²) < 4.78 is 0. The standard InChI is InChI=1S/C17H28O4S/c1-13(5-4-6-14(2)9-10-18)7-8-16(19)15(3)11-22-12-17(20)21/h5,9,15,18H,4,6-8,10-12H2,1-3H3,(H,20,21)/b13-5+,14-9-. The Balaban J connectivity index is 3.97. The fourth-order valence-electron chi connectivity index (χ4n) is 1.89. The first-order valence-electron chi connectivity index (χ1n) is 7.61. The Bertz CT molecular complexity index is 413. The smallest absolute Gasteiger partial charge is 0.313 e. The van der Waals surface area contributed by atoms with Gasteiger partial charge in [-0.2, -0.15) is 0 Å². The molecule has 0 amide bonds. The summed E-state index contributed by atoms with van der Waals surface area (Å²) in [6.07, 6.45) is 7.08. The summed E-state index contributed by atoms with van der Waals surface area (Å²) in [6, 6.07) is 0. The van der Waals surface area contributed by atoms with E-state index in [9.17, 15) is 9.59 Å². The Kier molecular flexibility index (Phi) is 11.9. The molecule has 5 heteroatoms. The summed E-state index contributed by atoms with van der Waals surface area (Å²) in [5.41, 5.74) is 2.38. The second-order valence-corrected chi connectivity index (χ2v) is 6.63. The van der Waals surface area contributed by atoms with Gasteiger partial charge in [-0.25, -0.2) is 0 Å². The van der Waals surface area contributed by atoms with E-state index in [4.69, 9.17) is 10.2 Å². The molecule has 0 aromatic carbocycles. The number of carboxylic acid groups (broad SMARTS) is 1. The molecule has 0 rings (SSSR count). The minimum absolute atomic E-state index is 0.0528. The maximum Gasteiger partial charge on any atom is 0.313 e. The van der Waals surface area contributed by atoms with Gasteiger partial charge in [0.1, 0.15) is 5.78 Å². The van der Waals surface area contributed by atoms with E-state index >= 15 is 0 Å². The zero-order valence-corrected chi connectivity index (χ0v) is 14.6. The normalized spacial score (nSPS) is 14.0. The fourth-order valence-corrected chi connectivity index (χ4v) is 2.72. The van der Waals surface area contributed by atoms with Crippen LogP contribution in [-0.2, 0) is 9.59 Å². The molecule has 126 valence electrons. The van der Waals surface area contributed by atoms with Crippen LogP contribution in [0.5, 0.6) is 0 Å². The summed E-state index contributed by atoms with van der Waals surface area (Å²) >= 11 is 1.29. The minimum Gasteiger partial charge on any atom is -0.481 e. The van der Waals surface area contributed by atoms with Crippen molar-refractivity contribution in [1.82, 2.24) is 0 Å². The first-order chi connectivity index (χ1) is 10.4. The van der Waals surface area contributed by atoms with Gasteiger partial charge in [-0.15, -0.1) is 11.8 Å². The van der Waals surface area contributed by atoms with Crippen molar-refractivity contribution in [3.8, 4) is 0 Å². The van der Waals surface area contributed by atoms with E-state index in [0.29, 0.717) is 12.2 Å². The quantitative estimate of drug-likeness (QED) is 0.537. The molecule has 0 aromatic heterocycles. The second kappa shape index (κ2) is 12.5. The lowest BCUT2D eigenvalue weighted by Gasteiger charge is -2.09. The molecule has 22 heavy (non-hydrogen) atoms. The molecule has 0 saturated heterocycles. The highest BCUT2D eigenvalue weighted by atomic mass is 32.2. The van der Waals surface area contributed by atoms with Gasteiger partial charge in [0.25, 0.3) is 0 Å². The van der Waals surface area contributed by atoms with Crippen LogP contribution in [0.4, 0.5) is 0 Å². The average Bonchev–Trinajstić information content (AvgIpc) is 2.44. The first kappa shape index (κ1) is 20.9. The third-order valence-electron chi connectivity index (χ3n) is 3.38. The van der Waals surface area contributed by atoms with Gasteiger partial charge >= 0.3 is 5.97 Å². The molecule has 0 aliphatic rings. The topological polar surface area (TPSA) is 74.6 Å². The number of hydrogen-bond acceptors (Lipinski definition) is 4. The number of rotatable bonds is 12. The molecule has 0 radical (unpaired) electrons. The SMILES string of the molecule is C/C(=C/CO)CC/C=C(\C)CCC(=O)C(C)CSCC(=O)O. The highest BCUT2D eigenvalue weighted by Crippen LogP contribution is 2.15. The van der Waals surface area contributed by atoms with Crippen LogP contribution in [0.2, 0.25) is 0 Å². The zero-order valence-electron chi connectivity index (χ0n) is 13.8. The Morgan fingerprint density at radius 1 is 1.09 bits per heavy atom. The number of ketones is 1. The summed E-state index contributed by atoms with van der Waals surface area (Å²) in [7, 11) is 0. The number of aliphatic hydroxyl groups excluding tert-OH is 1. The van der Waals surface area contributed by atoms with Crippen LogP contribution in [0.15, 0.2) is 23.3 Å². The third-order valence-corrected chi connectivity index (χ3v) is 4.57. The van der Waals surface area contributed by atoms with Crippen LogP contribution in [0.25, 0.3) is 0 Å². The molecule has 0 bridgehead atoms. The summed E-state index contributed by atoms with van der Waals surface area (Å²) in [6.45, 7) is 5.97. The van der Waals surface area contributed by atoms with Gasteiger partial charge in [0.2, 0.25) is 0 Å². The molecule has 1 unspecified atom stereocenters. The van der Waals surface area contributed by atoms with Gasteiger partial charge in [0, 0.05) is 18.1 Å². The molecule has 0 aromatic rings. The monoisotopic (exact) mass is 328 g/mol. The molecule has 0 fully saturated rings. The number of carbonyl (C=O) groups excluding carboxylic acids is 1. The van der Waals surface area contributed by atoms with E-state index in [0.717, 1.165) is 19.3 Å². The molecule has 0 aliphatic heterocycles. The van der Waals surface area contributed by atoms with Gasteiger partial charge in [-0.05, 0) is 33.1 Å². The molecule has 0 heterocycles. The van der Waals surface area contributed by atoms with Crippen molar-refractivity contribution < 1.29 is 19.8 Å². The molecule has 1 atom stereocenters. The van der Waals surface area contributed by atoms with Crippen molar-refractivity contribution in [1.29, 1.82) is 0 Å². The number of carboxylic acids is 1. The lowest BCUT2D eigenvalue weighted by Crippen LogP contribution is -2.14.